The molecule has 1 aliphatic rings. The molecule has 4 rings (SSSR count). The van der Waals surface area contributed by atoms with Crippen LogP contribution in [0.2, 0.25) is 5.02 Å². The van der Waals surface area contributed by atoms with Crippen molar-refractivity contribution >= 4 is 23.3 Å². The lowest BCUT2D eigenvalue weighted by atomic mass is 10.1. The molecule has 138 valence electrons. The number of benzene rings is 2. The number of rotatable bonds is 4. The number of hydrogen-bond donors (Lipinski definition) is 1. The Balaban J connectivity index is 1.58. The average Bonchev–Trinajstić information content (AvgIpc) is 3.01. The normalized spacial score (nSPS) is 12.7. The molecule has 1 aromatic heterocycles. The van der Waals surface area contributed by atoms with Gasteiger partial charge in [0.1, 0.15) is 19.0 Å². The number of carbonyl (C=O) groups excluding carboxylic acids is 1. The lowest BCUT2D eigenvalue weighted by Gasteiger charge is -2.20. The smallest absolute Gasteiger partial charge is 0.257 e. The first kappa shape index (κ1) is 17.4. The molecule has 0 aliphatic carbocycles. The zero-order chi connectivity index (χ0) is 18.8. The molecule has 1 aliphatic heterocycles. The first-order valence-electron chi connectivity index (χ1n) is 8.59. The molecule has 0 unspecified atom stereocenters. The van der Waals surface area contributed by atoms with Gasteiger partial charge in [0.25, 0.3) is 5.91 Å². The van der Waals surface area contributed by atoms with Crippen LogP contribution in [0.1, 0.15) is 21.6 Å². The van der Waals surface area contributed by atoms with E-state index in [-0.39, 0.29) is 5.91 Å². The SMILES string of the molecule is Cc1cc(NC(=O)c2cc(Cl)c3c(c2)OCCO3)n(Cc2ccccc2)n1. The highest BCUT2D eigenvalue weighted by molar-refractivity contribution is 6.32. The molecule has 7 heteroatoms. The molecular formula is C20H18ClN3O3. The fourth-order valence-corrected chi connectivity index (χ4v) is 3.22. The minimum absolute atomic E-state index is 0.289. The molecule has 0 saturated carbocycles. The third-order valence-electron chi connectivity index (χ3n) is 4.18. The van der Waals surface area contributed by atoms with Crippen LogP contribution in [0.25, 0.3) is 0 Å². The fourth-order valence-electron chi connectivity index (χ4n) is 2.95. The van der Waals surface area contributed by atoms with Gasteiger partial charge in [0, 0.05) is 11.6 Å². The van der Waals surface area contributed by atoms with Crippen LogP contribution in [-0.2, 0) is 6.54 Å². The van der Waals surface area contributed by atoms with Crippen molar-refractivity contribution in [2.75, 3.05) is 18.5 Å². The molecule has 2 heterocycles. The van der Waals surface area contributed by atoms with Crippen molar-refractivity contribution in [2.45, 2.75) is 13.5 Å². The molecule has 27 heavy (non-hydrogen) atoms. The van der Waals surface area contributed by atoms with E-state index in [2.05, 4.69) is 10.4 Å². The number of aryl methyl sites for hydroxylation is 1. The van der Waals surface area contributed by atoms with Gasteiger partial charge in [-0.25, -0.2) is 4.68 Å². The maximum absolute atomic E-state index is 12.8. The quantitative estimate of drug-likeness (QED) is 0.741. The number of halogens is 1. The topological polar surface area (TPSA) is 65.4 Å². The maximum Gasteiger partial charge on any atom is 0.257 e. The minimum Gasteiger partial charge on any atom is -0.486 e. The minimum atomic E-state index is -0.289. The van der Waals surface area contributed by atoms with E-state index in [1.165, 1.54) is 0 Å². The molecule has 1 N–H and O–H groups in total. The first-order valence-corrected chi connectivity index (χ1v) is 8.97. The number of nitrogens with zero attached hydrogens (tertiary/aromatic N) is 2. The van der Waals surface area contributed by atoms with Crippen LogP contribution in [0.15, 0.2) is 48.5 Å². The second kappa shape index (κ2) is 7.32. The van der Waals surface area contributed by atoms with E-state index in [4.69, 9.17) is 21.1 Å². The van der Waals surface area contributed by atoms with Crippen molar-refractivity contribution in [3.05, 3.63) is 70.4 Å². The maximum atomic E-state index is 12.8. The summed E-state index contributed by atoms with van der Waals surface area (Å²) in [6.45, 7) is 3.32. The van der Waals surface area contributed by atoms with Gasteiger partial charge in [-0.3, -0.25) is 4.79 Å². The molecule has 0 saturated heterocycles. The molecule has 0 bridgehead atoms. The standard InChI is InChI=1S/C20H18ClN3O3/c1-13-9-18(24(23-13)12-14-5-3-2-4-6-14)22-20(25)15-10-16(21)19-17(11-15)26-7-8-27-19/h2-6,9-11H,7-8,12H2,1H3,(H,22,25). The number of anilines is 1. The molecule has 0 radical (unpaired) electrons. The van der Waals surface area contributed by atoms with Gasteiger partial charge in [0.15, 0.2) is 11.5 Å². The van der Waals surface area contributed by atoms with Gasteiger partial charge < -0.3 is 14.8 Å². The summed E-state index contributed by atoms with van der Waals surface area (Å²) in [5, 5.41) is 7.73. The van der Waals surface area contributed by atoms with Gasteiger partial charge >= 0.3 is 0 Å². The van der Waals surface area contributed by atoms with E-state index >= 15 is 0 Å². The second-order valence-electron chi connectivity index (χ2n) is 6.25. The van der Waals surface area contributed by atoms with Crippen LogP contribution < -0.4 is 14.8 Å². The summed E-state index contributed by atoms with van der Waals surface area (Å²) in [7, 11) is 0. The van der Waals surface area contributed by atoms with E-state index in [0.717, 1.165) is 11.3 Å². The third kappa shape index (κ3) is 3.75. The van der Waals surface area contributed by atoms with Crippen molar-refractivity contribution in [1.82, 2.24) is 9.78 Å². The predicted molar refractivity (Wildman–Crippen MR) is 103 cm³/mol. The molecular weight excluding hydrogens is 366 g/mol. The third-order valence-corrected chi connectivity index (χ3v) is 4.46. The van der Waals surface area contributed by atoms with Gasteiger partial charge in [-0.1, -0.05) is 41.9 Å². The van der Waals surface area contributed by atoms with Gasteiger partial charge in [0.2, 0.25) is 0 Å². The number of nitrogens with one attached hydrogen (secondary N) is 1. The van der Waals surface area contributed by atoms with E-state index in [9.17, 15) is 4.79 Å². The Bertz CT molecular complexity index is 986. The predicted octanol–water partition coefficient (Wildman–Crippen LogP) is 3.92. The van der Waals surface area contributed by atoms with Crippen molar-refractivity contribution in [3.8, 4) is 11.5 Å². The Labute approximate surface area is 161 Å². The Morgan fingerprint density at radius 1 is 1.19 bits per heavy atom. The van der Waals surface area contributed by atoms with Crippen LogP contribution in [-0.4, -0.2) is 28.9 Å². The van der Waals surface area contributed by atoms with Crippen molar-refractivity contribution < 1.29 is 14.3 Å². The van der Waals surface area contributed by atoms with E-state index in [1.807, 2.05) is 43.3 Å². The molecule has 0 fully saturated rings. The van der Waals surface area contributed by atoms with Crippen LogP contribution >= 0.6 is 11.6 Å². The lowest BCUT2D eigenvalue weighted by Crippen LogP contribution is -2.19. The van der Waals surface area contributed by atoms with Gasteiger partial charge in [0.05, 0.1) is 17.3 Å². The number of fused-ring (bicyclic) bond motifs is 1. The van der Waals surface area contributed by atoms with Crippen molar-refractivity contribution in [2.24, 2.45) is 0 Å². The monoisotopic (exact) mass is 383 g/mol. The second-order valence-corrected chi connectivity index (χ2v) is 6.66. The highest BCUT2D eigenvalue weighted by atomic mass is 35.5. The summed E-state index contributed by atoms with van der Waals surface area (Å²) in [6.07, 6.45) is 0. The number of hydrogen-bond acceptors (Lipinski definition) is 4. The summed E-state index contributed by atoms with van der Waals surface area (Å²) in [5.41, 5.74) is 2.31. The summed E-state index contributed by atoms with van der Waals surface area (Å²) in [5.74, 6) is 1.28. The zero-order valence-electron chi connectivity index (χ0n) is 14.7. The summed E-state index contributed by atoms with van der Waals surface area (Å²) < 4.78 is 12.8. The number of aromatic nitrogens is 2. The molecule has 2 aromatic carbocycles. The highest BCUT2D eigenvalue weighted by Crippen LogP contribution is 2.38. The van der Waals surface area contributed by atoms with Crippen LogP contribution in [0, 0.1) is 6.92 Å². The summed E-state index contributed by atoms with van der Waals surface area (Å²) in [4.78, 5) is 12.8. The van der Waals surface area contributed by atoms with Crippen LogP contribution in [0.4, 0.5) is 5.82 Å². The molecule has 6 nitrogen and oxygen atoms in total. The van der Waals surface area contributed by atoms with Gasteiger partial charge in [-0.05, 0) is 24.6 Å². The van der Waals surface area contributed by atoms with E-state index < -0.39 is 0 Å². The average molecular weight is 384 g/mol. The Kier molecular flexibility index (Phi) is 4.73. The first-order chi connectivity index (χ1) is 13.1. The fraction of sp³-hybridized carbons (Fsp3) is 0.200. The highest BCUT2D eigenvalue weighted by Gasteiger charge is 2.20. The summed E-state index contributed by atoms with van der Waals surface area (Å²) >= 11 is 6.23. The van der Waals surface area contributed by atoms with Gasteiger partial charge in [-0.2, -0.15) is 5.10 Å². The Morgan fingerprint density at radius 2 is 1.96 bits per heavy atom. The van der Waals surface area contributed by atoms with Crippen LogP contribution in [0.5, 0.6) is 11.5 Å². The molecule has 3 aromatic rings. The lowest BCUT2D eigenvalue weighted by molar-refractivity contribution is 0.102. The van der Waals surface area contributed by atoms with E-state index in [1.54, 1.807) is 16.8 Å². The molecule has 0 spiro atoms. The molecule has 0 atom stereocenters. The Hall–Kier alpha value is -2.99. The summed E-state index contributed by atoms with van der Waals surface area (Å²) in [6, 6.07) is 15.0. The largest absolute Gasteiger partial charge is 0.486 e. The number of amides is 1. The molecule has 1 amide bonds. The van der Waals surface area contributed by atoms with E-state index in [0.29, 0.717) is 47.7 Å². The zero-order valence-corrected chi connectivity index (χ0v) is 15.5. The van der Waals surface area contributed by atoms with Crippen molar-refractivity contribution in [3.63, 3.8) is 0 Å². The van der Waals surface area contributed by atoms with Crippen LogP contribution in [0.3, 0.4) is 0 Å². The number of ether oxygens (including phenoxy) is 2. The Morgan fingerprint density at radius 3 is 2.78 bits per heavy atom. The van der Waals surface area contributed by atoms with Crippen molar-refractivity contribution in [1.29, 1.82) is 0 Å². The van der Waals surface area contributed by atoms with Gasteiger partial charge in [-0.15, -0.1) is 0 Å². The number of carbonyl (C=O) groups is 1.